The lowest BCUT2D eigenvalue weighted by Gasteiger charge is -2.09. The number of halogens is 3. The van der Waals surface area contributed by atoms with Gasteiger partial charge in [0.2, 0.25) is 0 Å². The van der Waals surface area contributed by atoms with E-state index in [1.54, 1.807) is 0 Å². The number of amides is 1. The third kappa shape index (κ3) is 3.28. The van der Waals surface area contributed by atoms with E-state index in [0.717, 1.165) is 42.7 Å². The van der Waals surface area contributed by atoms with E-state index in [1.165, 1.54) is 0 Å². The van der Waals surface area contributed by atoms with E-state index >= 15 is 0 Å². The number of anilines is 1. The zero-order chi connectivity index (χ0) is 16.5. The first-order valence-corrected chi connectivity index (χ1v) is 7.84. The van der Waals surface area contributed by atoms with Crippen molar-refractivity contribution in [1.82, 2.24) is 0 Å². The van der Waals surface area contributed by atoms with E-state index in [4.69, 9.17) is 0 Å². The number of hydrogen-bond acceptors (Lipinski definition) is 3. The zero-order valence-corrected chi connectivity index (χ0v) is 12.0. The minimum absolute atomic E-state index is 0.219. The van der Waals surface area contributed by atoms with E-state index in [-0.39, 0.29) is 4.90 Å². The Morgan fingerprint density at radius 1 is 1.05 bits per heavy atom. The first-order valence-electron chi connectivity index (χ1n) is 5.95. The number of rotatable bonds is 3. The van der Waals surface area contributed by atoms with Crippen molar-refractivity contribution in [2.24, 2.45) is 0 Å². The molecule has 8 heteroatoms. The van der Waals surface area contributed by atoms with Gasteiger partial charge in [0, 0.05) is 6.26 Å². The predicted octanol–water partition coefficient (Wildman–Crippen LogP) is 2.76. The van der Waals surface area contributed by atoms with Gasteiger partial charge >= 0.3 is 0 Å². The molecule has 0 aliphatic rings. The Morgan fingerprint density at radius 2 is 1.73 bits per heavy atom. The summed E-state index contributed by atoms with van der Waals surface area (Å²) >= 11 is 0. The predicted molar refractivity (Wildman–Crippen MR) is 73.8 cm³/mol. The molecule has 2 rings (SSSR count). The molecule has 0 aliphatic carbocycles. The number of hydrogen-bond donors (Lipinski definition) is 1. The smallest absolute Gasteiger partial charge is 0.258 e. The van der Waals surface area contributed by atoms with Crippen molar-refractivity contribution in [3.63, 3.8) is 0 Å². The molecule has 2 aromatic carbocycles. The van der Waals surface area contributed by atoms with E-state index < -0.39 is 44.4 Å². The molecule has 2 aromatic rings. The SMILES string of the molecule is CS(=O)(=O)c1ccc(F)c(NC(=O)c2cccc(F)c2F)c1. The van der Waals surface area contributed by atoms with Gasteiger partial charge in [-0.15, -0.1) is 0 Å². The molecule has 0 unspecified atom stereocenters. The molecule has 0 heterocycles. The van der Waals surface area contributed by atoms with Gasteiger partial charge in [-0.1, -0.05) is 6.07 Å². The second-order valence-corrected chi connectivity index (χ2v) is 6.49. The largest absolute Gasteiger partial charge is 0.319 e. The van der Waals surface area contributed by atoms with E-state index in [0.29, 0.717) is 0 Å². The lowest BCUT2D eigenvalue weighted by atomic mass is 10.2. The highest BCUT2D eigenvalue weighted by Crippen LogP contribution is 2.21. The van der Waals surface area contributed by atoms with Crippen molar-refractivity contribution in [2.75, 3.05) is 11.6 Å². The van der Waals surface area contributed by atoms with Crippen molar-refractivity contribution in [2.45, 2.75) is 4.90 Å². The van der Waals surface area contributed by atoms with Crippen LogP contribution in [0.3, 0.4) is 0 Å². The molecule has 0 saturated carbocycles. The van der Waals surface area contributed by atoms with Gasteiger partial charge in [0.25, 0.3) is 5.91 Å². The summed E-state index contributed by atoms with van der Waals surface area (Å²) in [5.41, 5.74) is -1.07. The second kappa shape index (κ2) is 5.80. The Bertz CT molecular complexity index is 850. The molecule has 0 aliphatic heterocycles. The van der Waals surface area contributed by atoms with E-state index in [2.05, 4.69) is 0 Å². The van der Waals surface area contributed by atoms with Crippen LogP contribution in [0.4, 0.5) is 18.9 Å². The molecule has 0 saturated heterocycles. The van der Waals surface area contributed by atoms with Crippen LogP contribution in [0.25, 0.3) is 0 Å². The van der Waals surface area contributed by atoms with E-state index in [1.807, 2.05) is 5.32 Å². The summed E-state index contributed by atoms with van der Waals surface area (Å²) < 4.78 is 63.0. The number of carbonyl (C=O) groups excluding carboxylic acids is 1. The first kappa shape index (κ1) is 16.0. The summed E-state index contributed by atoms with van der Waals surface area (Å²) in [6, 6.07) is 5.76. The monoisotopic (exact) mass is 329 g/mol. The lowest BCUT2D eigenvalue weighted by Crippen LogP contribution is -2.16. The quantitative estimate of drug-likeness (QED) is 0.881. The maximum Gasteiger partial charge on any atom is 0.258 e. The molecule has 22 heavy (non-hydrogen) atoms. The molecule has 4 nitrogen and oxygen atoms in total. The highest BCUT2D eigenvalue weighted by molar-refractivity contribution is 7.90. The van der Waals surface area contributed by atoms with Crippen LogP contribution < -0.4 is 5.32 Å². The summed E-state index contributed by atoms with van der Waals surface area (Å²) in [7, 11) is -3.61. The molecular formula is C14H10F3NO3S. The van der Waals surface area contributed by atoms with Crippen LogP contribution in [0.1, 0.15) is 10.4 Å². The first-order chi connectivity index (χ1) is 10.2. The summed E-state index contributed by atoms with van der Waals surface area (Å²) in [6.07, 6.45) is 0.915. The Kier molecular flexibility index (Phi) is 4.23. The fraction of sp³-hybridized carbons (Fsp3) is 0.0714. The van der Waals surface area contributed by atoms with Gasteiger partial charge in [0.1, 0.15) is 5.82 Å². The molecule has 0 aromatic heterocycles. The molecule has 0 fully saturated rings. The lowest BCUT2D eigenvalue weighted by molar-refractivity contribution is 0.102. The summed E-state index contributed by atoms with van der Waals surface area (Å²) in [6.45, 7) is 0. The molecular weight excluding hydrogens is 319 g/mol. The van der Waals surface area contributed by atoms with Gasteiger partial charge < -0.3 is 5.32 Å². The molecule has 0 spiro atoms. The number of carbonyl (C=O) groups is 1. The fourth-order valence-electron chi connectivity index (χ4n) is 1.70. The molecule has 1 N–H and O–H groups in total. The normalized spacial score (nSPS) is 11.3. The van der Waals surface area contributed by atoms with Crippen LogP contribution in [-0.4, -0.2) is 20.6 Å². The summed E-state index contributed by atoms with van der Waals surface area (Å²) in [4.78, 5) is 11.6. The van der Waals surface area contributed by atoms with E-state index in [9.17, 15) is 26.4 Å². The van der Waals surface area contributed by atoms with Crippen LogP contribution in [0.5, 0.6) is 0 Å². The maximum atomic E-state index is 13.6. The van der Waals surface area contributed by atoms with Crippen LogP contribution in [0, 0.1) is 17.5 Å². The van der Waals surface area contributed by atoms with Crippen molar-refractivity contribution >= 4 is 21.4 Å². The Balaban J connectivity index is 2.38. The second-order valence-electron chi connectivity index (χ2n) is 4.47. The average Bonchev–Trinajstić information content (AvgIpc) is 2.43. The van der Waals surface area contributed by atoms with Gasteiger partial charge in [-0.25, -0.2) is 21.6 Å². The Hall–Kier alpha value is -2.35. The molecule has 0 radical (unpaired) electrons. The third-order valence-corrected chi connectivity index (χ3v) is 3.92. The van der Waals surface area contributed by atoms with Gasteiger partial charge in [-0.2, -0.15) is 0 Å². The van der Waals surface area contributed by atoms with Crippen molar-refractivity contribution in [3.8, 4) is 0 Å². The molecule has 0 bridgehead atoms. The standard InChI is InChI=1S/C14H10F3NO3S/c1-22(20,21)8-5-6-10(15)12(7-8)18-14(19)9-3-2-4-11(16)13(9)17/h2-7H,1H3,(H,18,19). The minimum Gasteiger partial charge on any atom is -0.319 e. The highest BCUT2D eigenvalue weighted by Gasteiger charge is 2.18. The zero-order valence-electron chi connectivity index (χ0n) is 11.2. The Labute approximate surface area is 124 Å². The van der Waals surface area contributed by atoms with Crippen LogP contribution >= 0.6 is 0 Å². The van der Waals surface area contributed by atoms with Gasteiger partial charge in [0.05, 0.1) is 16.1 Å². The maximum absolute atomic E-state index is 13.6. The van der Waals surface area contributed by atoms with Crippen molar-refractivity contribution < 1.29 is 26.4 Å². The fourth-order valence-corrected chi connectivity index (χ4v) is 2.35. The van der Waals surface area contributed by atoms with Gasteiger partial charge in [-0.3, -0.25) is 4.79 Å². The summed E-state index contributed by atoms with van der Waals surface area (Å²) in [5, 5.41) is 2.02. The molecule has 116 valence electrons. The Morgan fingerprint density at radius 3 is 2.36 bits per heavy atom. The number of nitrogens with one attached hydrogen (secondary N) is 1. The molecule has 0 atom stereocenters. The third-order valence-electron chi connectivity index (χ3n) is 2.81. The minimum atomic E-state index is -3.61. The van der Waals surface area contributed by atoms with Crippen molar-refractivity contribution in [1.29, 1.82) is 0 Å². The van der Waals surface area contributed by atoms with Crippen LogP contribution in [0.15, 0.2) is 41.3 Å². The highest BCUT2D eigenvalue weighted by atomic mass is 32.2. The van der Waals surface area contributed by atoms with Crippen molar-refractivity contribution in [3.05, 3.63) is 59.4 Å². The topological polar surface area (TPSA) is 63.2 Å². The van der Waals surface area contributed by atoms with Crippen LogP contribution in [-0.2, 0) is 9.84 Å². The van der Waals surface area contributed by atoms with Gasteiger partial charge in [-0.05, 0) is 30.3 Å². The summed E-state index contributed by atoms with van der Waals surface area (Å²) in [5.74, 6) is -4.60. The molecule has 1 amide bonds. The van der Waals surface area contributed by atoms with Crippen LogP contribution in [0.2, 0.25) is 0 Å². The number of benzene rings is 2. The number of sulfone groups is 1. The average molecular weight is 329 g/mol. The van der Waals surface area contributed by atoms with Gasteiger partial charge in [0.15, 0.2) is 21.5 Å².